The van der Waals surface area contributed by atoms with E-state index in [1.54, 1.807) is 14.2 Å². The van der Waals surface area contributed by atoms with Crippen LogP contribution in [0.4, 0.5) is 0 Å². The maximum atomic E-state index is 12.6. The second-order valence-corrected chi connectivity index (χ2v) is 7.18. The molecule has 2 aromatic carbocycles. The first kappa shape index (κ1) is 21.6. The number of carbonyl (C=O) groups is 2. The molecular weight excluding hydrogens is 384 g/mol. The first-order chi connectivity index (χ1) is 14.5. The van der Waals surface area contributed by atoms with E-state index in [2.05, 4.69) is 5.32 Å². The lowest BCUT2D eigenvalue weighted by atomic mass is 9.90. The topological polar surface area (TPSA) is 77.1 Å². The van der Waals surface area contributed by atoms with Gasteiger partial charge in [-0.25, -0.2) is 0 Å². The molecule has 0 saturated heterocycles. The molecule has 30 heavy (non-hydrogen) atoms. The predicted octanol–water partition coefficient (Wildman–Crippen LogP) is 2.48. The van der Waals surface area contributed by atoms with Gasteiger partial charge in [-0.15, -0.1) is 0 Å². The molecule has 7 heteroatoms. The van der Waals surface area contributed by atoms with Gasteiger partial charge < -0.3 is 19.5 Å². The van der Waals surface area contributed by atoms with Crippen molar-refractivity contribution in [1.29, 1.82) is 0 Å². The van der Waals surface area contributed by atoms with Gasteiger partial charge in [0, 0.05) is 19.1 Å². The van der Waals surface area contributed by atoms with Crippen molar-refractivity contribution in [3.63, 3.8) is 0 Å². The summed E-state index contributed by atoms with van der Waals surface area (Å²) < 4.78 is 15.8. The molecule has 1 aliphatic rings. The van der Waals surface area contributed by atoms with E-state index in [0.717, 1.165) is 23.1 Å². The van der Waals surface area contributed by atoms with Crippen LogP contribution in [0, 0.1) is 0 Å². The summed E-state index contributed by atoms with van der Waals surface area (Å²) in [5.41, 5.74) is 3.08. The van der Waals surface area contributed by atoms with Gasteiger partial charge in [-0.3, -0.25) is 14.5 Å². The largest absolute Gasteiger partial charge is 0.493 e. The van der Waals surface area contributed by atoms with Crippen molar-refractivity contribution in [2.75, 3.05) is 34.4 Å². The number of amides is 1. The third-order valence-electron chi connectivity index (χ3n) is 5.38. The van der Waals surface area contributed by atoms with Gasteiger partial charge in [0.15, 0.2) is 11.5 Å². The molecule has 7 nitrogen and oxygen atoms in total. The quantitative estimate of drug-likeness (QED) is 0.672. The van der Waals surface area contributed by atoms with E-state index in [1.165, 1.54) is 7.11 Å². The van der Waals surface area contributed by atoms with Crippen LogP contribution < -0.4 is 14.8 Å². The van der Waals surface area contributed by atoms with Crippen LogP contribution in [0.2, 0.25) is 0 Å². The van der Waals surface area contributed by atoms with E-state index in [4.69, 9.17) is 14.2 Å². The molecule has 0 unspecified atom stereocenters. The van der Waals surface area contributed by atoms with Crippen molar-refractivity contribution in [1.82, 2.24) is 10.2 Å². The number of nitrogens with zero attached hydrogens (tertiary/aromatic N) is 1. The Morgan fingerprint density at radius 3 is 2.43 bits per heavy atom. The van der Waals surface area contributed by atoms with Crippen LogP contribution in [0.3, 0.4) is 0 Å². The normalized spacial score (nSPS) is 15.8. The molecule has 0 spiro atoms. The van der Waals surface area contributed by atoms with Gasteiger partial charge in [0.2, 0.25) is 5.91 Å². The molecule has 1 N–H and O–H groups in total. The Morgan fingerprint density at radius 1 is 1.07 bits per heavy atom. The summed E-state index contributed by atoms with van der Waals surface area (Å²) >= 11 is 0. The van der Waals surface area contributed by atoms with Crippen LogP contribution in [-0.2, 0) is 27.3 Å². The number of fused-ring (bicyclic) bond motifs is 1. The number of hydrogen-bond donors (Lipinski definition) is 1. The third-order valence-corrected chi connectivity index (χ3v) is 5.38. The molecule has 0 fully saturated rings. The van der Waals surface area contributed by atoms with Crippen LogP contribution in [-0.4, -0.2) is 51.2 Å². The van der Waals surface area contributed by atoms with Gasteiger partial charge >= 0.3 is 5.97 Å². The number of ether oxygens (including phenoxy) is 3. The number of rotatable bonds is 8. The highest BCUT2D eigenvalue weighted by atomic mass is 16.5. The molecule has 0 bridgehead atoms. The maximum Gasteiger partial charge on any atom is 0.307 e. The summed E-state index contributed by atoms with van der Waals surface area (Å²) in [6.45, 7) is 1.32. The monoisotopic (exact) mass is 412 g/mol. The summed E-state index contributed by atoms with van der Waals surface area (Å²) in [6.07, 6.45) is 0.907. The Balaban J connectivity index is 1.78. The minimum Gasteiger partial charge on any atom is -0.493 e. The molecule has 3 rings (SSSR count). The van der Waals surface area contributed by atoms with Gasteiger partial charge in [-0.05, 0) is 35.2 Å². The van der Waals surface area contributed by atoms with Crippen LogP contribution in [0.15, 0.2) is 42.5 Å². The van der Waals surface area contributed by atoms with Gasteiger partial charge in [0.1, 0.15) is 0 Å². The zero-order valence-corrected chi connectivity index (χ0v) is 17.6. The average molecular weight is 412 g/mol. The fourth-order valence-corrected chi connectivity index (χ4v) is 3.79. The van der Waals surface area contributed by atoms with Crippen molar-refractivity contribution < 1.29 is 23.8 Å². The SMILES string of the molecule is COC(=O)C[C@H]1c2cc(OC)c(OC)cc2CCN1CC(=O)NCc1ccccc1. The number of hydrogen-bond acceptors (Lipinski definition) is 6. The first-order valence-corrected chi connectivity index (χ1v) is 9.92. The van der Waals surface area contributed by atoms with E-state index in [0.29, 0.717) is 24.6 Å². The molecule has 0 radical (unpaired) electrons. The zero-order valence-electron chi connectivity index (χ0n) is 17.6. The third kappa shape index (κ3) is 5.10. The molecule has 0 aromatic heterocycles. The summed E-state index contributed by atoms with van der Waals surface area (Å²) in [5, 5.41) is 2.96. The van der Waals surface area contributed by atoms with E-state index in [-0.39, 0.29) is 30.9 Å². The van der Waals surface area contributed by atoms with E-state index < -0.39 is 0 Å². The highest BCUT2D eigenvalue weighted by Crippen LogP contribution is 2.39. The Bertz CT molecular complexity index is 885. The first-order valence-electron chi connectivity index (χ1n) is 9.92. The number of benzene rings is 2. The fourth-order valence-electron chi connectivity index (χ4n) is 3.79. The van der Waals surface area contributed by atoms with Gasteiger partial charge in [-0.2, -0.15) is 0 Å². The van der Waals surface area contributed by atoms with Crippen LogP contribution in [0.25, 0.3) is 0 Å². The van der Waals surface area contributed by atoms with Crippen LogP contribution in [0.5, 0.6) is 11.5 Å². The number of esters is 1. The lowest BCUT2D eigenvalue weighted by molar-refractivity contribution is -0.142. The lowest BCUT2D eigenvalue weighted by Crippen LogP contribution is -2.43. The summed E-state index contributed by atoms with van der Waals surface area (Å²) in [4.78, 5) is 26.7. The Morgan fingerprint density at radius 2 is 1.77 bits per heavy atom. The predicted molar refractivity (Wildman–Crippen MR) is 112 cm³/mol. The van der Waals surface area contributed by atoms with Crippen molar-refractivity contribution in [2.24, 2.45) is 0 Å². The van der Waals surface area contributed by atoms with E-state index in [1.807, 2.05) is 47.4 Å². The minimum atomic E-state index is -0.322. The number of nitrogens with one attached hydrogen (secondary N) is 1. The molecule has 1 aliphatic heterocycles. The van der Waals surface area contributed by atoms with Crippen molar-refractivity contribution in [3.05, 3.63) is 59.2 Å². The summed E-state index contributed by atoms with van der Waals surface area (Å²) in [5.74, 6) is 0.846. The Hall–Kier alpha value is -3.06. The van der Waals surface area contributed by atoms with Gasteiger partial charge in [-0.1, -0.05) is 30.3 Å². The average Bonchev–Trinajstić information content (AvgIpc) is 2.78. The lowest BCUT2D eigenvalue weighted by Gasteiger charge is -2.36. The molecule has 1 atom stereocenters. The Kier molecular flexibility index (Phi) is 7.30. The highest BCUT2D eigenvalue weighted by molar-refractivity contribution is 5.78. The second kappa shape index (κ2) is 10.1. The van der Waals surface area contributed by atoms with Crippen LogP contribution >= 0.6 is 0 Å². The van der Waals surface area contributed by atoms with Crippen molar-refractivity contribution in [3.8, 4) is 11.5 Å². The minimum absolute atomic E-state index is 0.0855. The second-order valence-electron chi connectivity index (χ2n) is 7.18. The van der Waals surface area contributed by atoms with Crippen LogP contribution in [0.1, 0.15) is 29.2 Å². The molecule has 160 valence electrons. The fraction of sp³-hybridized carbons (Fsp3) is 0.391. The zero-order chi connectivity index (χ0) is 21.5. The maximum absolute atomic E-state index is 12.6. The summed E-state index contributed by atoms with van der Waals surface area (Å²) in [6, 6.07) is 13.3. The molecule has 2 aromatic rings. The number of methoxy groups -OCH3 is 3. The highest BCUT2D eigenvalue weighted by Gasteiger charge is 2.32. The van der Waals surface area contributed by atoms with Gasteiger partial charge in [0.05, 0.1) is 34.3 Å². The van der Waals surface area contributed by atoms with Gasteiger partial charge in [0.25, 0.3) is 0 Å². The molecule has 1 heterocycles. The molecule has 0 saturated carbocycles. The smallest absolute Gasteiger partial charge is 0.307 e. The van der Waals surface area contributed by atoms with E-state index in [9.17, 15) is 9.59 Å². The summed E-state index contributed by atoms with van der Waals surface area (Å²) in [7, 11) is 4.55. The van der Waals surface area contributed by atoms with E-state index >= 15 is 0 Å². The molecular formula is C23H28N2O5. The van der Waals surface area contributed by atoms with Crippen molar-refractivity contribution >= 4 is 11.9 Å². The molecule has 0 aliphatic carbocycles. The molecule has 1 amide bonds. The van der Waals surface area contributed by atoms with Crippen molar-refractivity contribution in [2.45, 2.75) is 25.4 Å². The Labute approximate surface area is 176 Å². The number of carbonyl (C=O) groups excluding carboxylic acids is 2. The standard InChI is InChI=1S/C23H28N2O5/c1-28-20-11-17-9-10-25(15-22(26)24-14-16-7-5-4-6-8-16)19(13-23(27)30-3)18(17)12-21(20)29-2/h4-8,11-12,19H,9-10,13-15H2,1-3H3,(H,24,26)/t19-/m0/s1.